The number of fused-ring (bicyclic) bond motifs is 1. The zero-order chi connectivity index (χ0) is 31.9. The Bertz CT molecular complexity index is 1880. The van der Waals surface area contributed by atoms with Crippen molar-refractivity contribution < 1.29 is 57.8 Å². The molecule has 4 rings (SSSR count). The summed E-state index contributed by atoms with van der Waals surface area (Å²) in [5.41, 5.74) is -5.88. The monoisotopic (exact) mass is 640 g/mol. The number of allylic oxidation sites excluding steroid dienone is 1. The van der Waals surface area contributed by atoms with E-state index in [1.54, 1.807) is 19.9 Å². The highest BCUT2D eigenvalue weighted by atomic mass is 32.2. The molecule has 1 aliphatic heterocycles. The summed E-state index contributed by atoms with van der Waals surface area (Å²) in [5, 5.41) is 9.56. The fraction of sp³-hybridized carbons (Fsp3) is 0.214. The summed E-state index contributed by atoms with van der Waals surface area (Å²) in [4.78, 5) is 24.1. The maximum Gasteiger partial charge on any atom is 0.534 e. The van der Waals surface area contributed by atoms with Crippen LogP contribution in [0.5, 0.6) is 11.5 Å². The molecule has 0 unspecified atom stereocenters. The van der Waals surface area contributed by atoms with Crippen LogP contribution in [0.25, 0.3) is 6.08 Å². The first-order valence-corrected chi connectivity index (χ1v) is 15.1. The van der Waals surface area contributed by atoms with Crippen LogP contribution in [0.3, 0.4) is 0 Å². The van der Waals surface area contributed by atoms with Crippen LogP contribution in [-0.4, -0.2) is 39.4 Å². The Morgan fingerprint density at radius 2 is 1.65 bits per heavy atom. The number of carboxylic acids is 1. The standard InChI is InChI=1S/C28H23F3O10S2/c1-15-10-12-18(13-11-15)42(35,36)40-25-21(9-5-7-19-16(2)6-4-8-20(19)26(32)33)24(41-43(37,38)28(29,30)31)17(3)22-14-39-27(34)23(22)25/h4-8,10-13H,9,14H2,1-3H3,(H,32,33). The first kappa shape index (κ1) is 31.6. The largest absolute Gasteiger partial charge is 0.534 e. The molecule has 1 N–H and O–H groups in total. The van der Waals surface area contributed by atoms with Crippen molar-refractivity contribution in [3.63, 3.8) is 0 Å². The molecular formula is C28H23F3O10S2. The zero-order valence-electron chi connectivity index (χ0n) is 22.7. The Kier molecular flexibility index (Phi) is 8.35. The summed E-state index contributed by atoms with van der Waals surface area (Å²) in [6.07, 6.45) is 1.99. The lowest BCUT2D eigenvalue weighted by Crippen LogP contribution is -2.29. The van der Waals surface area contributed by atoms with Gasteiger partial charge in [-0.25, -0.2) is 9.59 Å². The van der Waals surface area contributed by atoms with Crippen LogP contribution in [0.15, 0.2) is 53.4 Å². The molecule has 0 aromatic heterocycles. The van der Waals surface area contributed by atoms with Crippen molar-refractivity contribution in [3.8, 4) is 11.5 Å². The Morgan fingerprint density at radius 3 is 2.26 bits per heavy atom. The Balaban J connectivity index is 1.97. The number of esters is 1. The second kappa shape index (κ2) is 11.4. The van der Waals surface area contributed by atoms with Crippen molar-refractivity contribution in [2.45, 2.75) is 44.2 Å². The number of cyclic esters (lactones) is 1. The number of carbonyl (C=O) groups excluding carboxylic acids is 1. The molecule has 15 heteroatoms. The van der Waals surface area contributed by atoms with Gasteiger partial charge in [0.25, 0.3) is 0 Å². The first-order chi connectivity index (χ1) is 19.9. The predicted octanol–water partition coefficient (Wildman–Crippen LogP) is 5.23. The van der Waals surface area contributed by atoms with E-state index in [2.05, 4.69) is 4.18 Å². The van der Waals surface area contributed by atoms with E-state index in [9.17, 15) is 44.7 Å². The summed E-state index contributed by atoms with van der Waals surface area (Å²) < 4.78 is 106. The zero-order valence-corrected chi connectivity index (χ0v) is 24.3. The van der Waals surface area contributed by atoms with E-state index in [0.717, 1.165) is 0 Å². The number of carbonyl (C=O) groups is 2. The van der Waals surface area contributed by atoms with Gasteiger partial charge in [0.15, 0.2) is 11.5 Å². The minimum absolute atomic E-state index is 0.112. The van der Waals surface area contributed by atoms with E-state index < -0.39 is 73.3 Å². The molecule has 0 radical (unpaired) electrons. The number of hydrogen-bond acceptors (Lipinski definition) is 9. The van der Waals surface area contributed by atoms with Gasteiger partial charge < -0.3 is 18.2 Å². The molecule has 0 saturated carbocycles. The first-order valence-electron chi connectivity index (χ1n) is 12.3. The third kappa shape index (κ3) is 6.22. The molecule has 0 amide bonds. The Morgan fingerprint density at radius 1 is 1.00 bits per heavy atom. The van der Waals surface area contributed by atoms with Gasteiger partial charge in [0.1, 0.15) is 17.1 Å². The summed E-state index contributed by atoms with van der Waals surface area (Å²) >= 11 is 0. The Hall–Kier alpha value is -4.37. The van der Waals surface area contributed by atoms with Crippen molar-refractivity contribution >= 4 is 38.3 Å². The van der Waals surface area contributed by atoms with E-state index in [1.807, 2.05) is 0 Å². The van der Waals surface area contributed by atoms with Gasteiger partial charge >= 0.3 is 37.7 Å². The van der Waals surface area contributed by atoms with Gasteiger partial charge in [-0.1, -0.05) is 42.0 Å². The van der Waals surface area contributed by atoms with Crippen LogP contribution in [0.1, 0.15) is 54.1 Å². The quantitative estimate of drug-likeness (QED) is 0.187. The van der Waals surface area contributed by atoms with Crippen LogP contribution >= 0.6 is 0 Å². The normalized spacial score (nSPS) is 13.6. The highest BCUT2D eigenvalue weighted by Gasteiger charge is 2.49. The van der Waals surface area contributed by atoms with Gasteiger partial charge in [-0.3, -0.25) is 0 Å². The fourth-order valence-electron chi connectivity index (χ4n) is 4.34. The van der Waals surface area contributed by atoms with Crippen molar-refractivity contribution in [2.75, 3.05) is 0 Å². The van der Waals surface area contributed by atoms with Crippen LogP contribution in [-0.2, 0) is 38.0 Å². The number of carboxylic acid groups (broad SMARTS) is 1. The van der Waals surface area contributed by atoms with Crippen LogP contribution < -0.4 is 8.37 Å². The lowest BCUT2D eigenvalue weighted by Gasteiger charge is -2.20. The highest BCUT2D eigenvalue weighted by Crippen LogP contribution is 2.45. The molecule has 0 fully saturated rings. The van der Waals surface area contributed by atoms with E-state index in [0.29, 0.717) is 11.1 Å². The van der Waals surface area contributed by atoms with E-state index >= 15 is 0 Å². The van der Waals surface area contributed by atoms with Gasteiger partial charge in [0.05, 0.1) is 5.56 Å². The molecule has 0 atom stereocenters. The van der Waals surface area contributed by atoms with E-state index in [4.69, 9.17) is 8.92 Å². The smallest absolute Gasteiger partial charge is 0.478 e. The van der Waals surface area contributed by atoms with Gasteiger partial charge in [0, 0.05) is 16.7 Å². The number of ether oxygens (including phenoxy) is 1. The van der Waals surface area contributed by atoms with Crippen LogP contribution in [0, 0.1) is 20.8 Å². The average molecular weight is 641 g/mol. The minimum Gasteiger partial charge on any atom is -0.478 e. The number of benzene rings is 3. The number of rotatable bonds is 9. The van der Waals surface area contributed by atoms with Gasteiger partial charge in [-0.2, -0.15) is 30.0 Å². The predicted molar refractivity (Wildman–Crippen MR) is 146 cm³/mol. The van der Waals surface area contributed by atoms with Crippen molar-refractivity contribution in [3.05, 3.63) is 93.0 Å². The number of alkyl halides is 3. The molecule has 1 aliphatic rings. The molecule has 228 valence electrons. The molecule has 0 aliphatic carbocycles. The molecule has 3 aromatic rings. The third-order valence-corrected chi connectivity index (χ3v) is 8.75. The average Bonchev–Trinajstić information content (AvgIpc) is 3.29. The molecule has 1 heterocycles. The second-order valence-electron chi connectivity index (χ2n) is 9.47. The van der Waals surface area contributed by atoms with Crippen LogP contribution in [0.4, 0.5) is 13.2 Å². The molecule has 3 aromatic carbocycles. The molecule has 0 spiro atoms. The maximum absolute atomic E-state index is 13.4. The number of aromatic carboxylic acids is 1. The lowest BCUT2D eigenvalue weighted by atomic mass is 9.95. The Labute approximate surface area is 244 Å². The van der Waals surface area contributed by atoms with Crippen molar-refractivity contribution in [2.24, 2.45) is 0 Å². The molecule has 43 heavy (non-hydrogen) atoms. The number of aryl methyl sites for hydroxylation is 2. The molecule has 10 nitrogen and oxygen atoms in total. The van der Waals surface area contributed by atoms with Gasteiger partial charge in [0.2, 0.25) is 0 Å². The topological polar surface area (TPSA) is 150 Å². The SMILES string of the molecule is Cc1ccc(S(=O)(=O)Oc2c(CC=Cc3c(C)cccc3C(=O)O)c(OS(=O)(=O)C(F)(F)F)c(C)c3c2C(=O)OC3)cc1. The van der Waals surface area contributed by atoms with Gasteiger partial charge in [-0.05, 0) is 56.5 Å². The van der Waals surface area contributed by atoms with E-state index in [1.165, 1.54) is 55.5 Å². The lowest BCUT2D eigenvalue weighted by molar-refractivity contribution is -0.0500. The highest BCUT2D eigenvalue weighted by molar-refractivity contribution is 7.88. The minimum atomic E-state index is -6.28. The van der Waals surface area contributed by atoms with Crippen molar-refractivity contribution in [1.29, 1.82) is 0 Å². The number of halogens is 3. The molecule has 0 saturated heterocycles. The summed E-state index contributed by atoms with van der Waals surface area (Å²) in [6, 6.07) is 9.75. The third-order valence-electron chi connectivity index (χ3n) is 6.56. The fourth-order valence-corrected chi connectivity index (χ4v) is 5.85. The van der Waals surface area contributed by atoms with Crippen molar-refractivity contribution in [1.82, 2.24) is 0 Å². The second-order valence-corrected chi connectivity index (χ2v) is 12.6. The summed E-state index contributed by atoms with van der Waals surface area (Å²) in [5.74, 6) is -4.04. The van der Waals surface area contributed by atoms with Crippen LogP contribution in [0.2, 0.25) is 0 Å². The summed E-state index contributed by atoms with van der Waals surface area (Å²) in [7, 11) is -11.0. The molecule has 0 bridgehead atoms. The van der Waals surface area contributed by atoms with Gasteiger partial charge in [-0.15, -0.1) is 0 Å². The molecular weight excluding hydrogens is 617 g/mol. The number of hydrogen-bond donors (Lipinski definition) is 1. The summed E-state index contributed by atoms with van der Waals surface area (Å²) in [6.45, 7) is 3.95. The maximum atomic E-state index is 13.4. The van der Waals surface area contributed by atoms with E-state index in [-0.39, 0.29) is 27.1 Å².